The topological polar surface area (TPSA) is 38.0 Å². The predicted molar refractivity (Wildman–Crippen MR) is 29.8 cm³/mol. The van der Waals surface area contributed by atoms with Gasteiger partial charge in [-0.05, 0) is 18.9 Å². The summed E-state index contributed by atoms with van der Waals surface area (Å²) in [7, 11) is 0. The summed E-state index contributed by atoms with van der Waals surface area (Å²) in [5.74, 6) is 0.787. The molecule has 2 heteroatoms. The van der Waals surface area contributed by atoms with E-state index >= 15 is 0 Å². The van der Waals surface area contributed by atoms with Crippen molar-refractivity contribution in [1.82, 2.24) is 5.32 Å². The van der Waals surface area contributed by atoms with Crippen LogP contribution in [0.3, 0.4) is 0 Å². The van der Waals surface area contributed by atoms with Crippen molar-refractivity contribution in [2.24, 2.45) is 11.7 Å². The minimum Gasteiger partial charge on any atom is -0.316 e. The Morgan fingerprint density at radius 3 is 2.57 bits per heavy atom. The van der Waals surface area contributed by atoms with E-state index in [1.54, 1.807) is 0 Å². The Labute approximate surface area is 44.1 Å². The fourth-order valence-corrected chi connectivity index (χ4v) is 0.953. The molecule has 1 unspecified atom stereocenters. The van der Waals surface area contributed by atoms with Gasteiger partial charge in [-0.2, -0.15) is 0 Å². The first-order valence-electron chi connectivity index (χ1n) is 2.78. The van der Waals surface area contributed by atoms with Gasteiger partial charge in [-0.15, -0.1) is 0 Å². The summed E-state index contributed by atoms with van der Waals surface area (Å²) in [6.07, 6.45) is 1.41. The van der Waals surface area contributed by atoms with Gasteiger partial charge in [0.15, 0.2) is 0 Å². The molecule has 42 valence electrons. The van der Waals surface area contributed by atoms with Crippen LogP contribution in [0.1, 0.15) is 13.3 Å². The molecule has 0 spiro atoms. The highest BCUT2D eigenvalue weighted by molar-refractivity contribution is 4.73. The molecule has 1 rings (SSSR count). The van der Waals surface area contributed by atoms with E-state index in [-0.39, 0.29) is 6.17 Å². The third-order valence-corrected chi connectivity index (χ3v) is 1.38. The summed E-state index contributed by atoms with van der Waals surface area (Å²) < 4.78 is 0. The largest absolute Gasteiger partial charge is 0.316 e. The van der Waals surface area contributed by atoms with Crippen molar-refractivity contribution >= 4 is 0 Å². The molecule has 7 heavy (non-hydrogen) atoms. The Kier molecular flexibility index (Phi) is 1.30. The standard InChI is InChI=1S/C5H12N2/c1-4-2-5(6)7-3-4/h4-5,7H,2-3,6H2,1H3/t4?,5-/m0/s1. The van der Waals surface area contributed by atoms with Crippen molar-refractivity contribution in [1.29, 1.82) is 0 Å². The first-order valence-corrected chi connectivity index (χ1v) is 2.78. The SMILES string of the molecule is CC1CN[C@H](N)C1. The van der Waals surface area contributed by atoms with Crippen molar-refractivity contribution in [2.45, 2.75) is 19.5 Å². The van der Waals surface area contributed by atoms with E-state index in [4.69, 9.17) is 5.73 Å². The van der Waals surface area contributed by atoms with Gasteiger partial charge in [0.25, 0.3) is 0 Å². The van der Waals surface area contributed by atoms with E-state index in [0.29, 0.717) is 0 Å². The van der Waals surface area contributed by atoms with Crippen LogP contribution in [0.25, 0.3) is 0 Å². The monoisotopic (exact) mass is 100 g/mol. The van der Waals surface area contributed by atoms with Crippen molar-refractivity contribution < 1.29 is 0 Å². The molecule has 0 aromatic heterocycles. The number of hydrogen-bond acceptors (Lipinski definition) is 2. The second-order valence-corrected chi connectivity index (χ2v) is 2.36. The first-order chi connectivity index (χ1) is 3.29. The van der Waals surface area contributed by atoms with Crippen LogP contribution < -0.4 is 11.1 Å². The van der Waals surface area contributed by atoms with Crippen LogP contribution in [-0.4, -0.2) is 12.7 Å². The van der Waals surface area contributed by atoms with E-state index in [1.807, 2.05) is 0 Å². The Morgan fingerprint density at radius 1 is 1.71 bits per heavy atom. The van der Waals surface area contributed by atoms with Gasteiger partial charge in [-0.25, -0.2) is 0 Å². The molecule has 0 bridgehead atoms. The second kappa shape index (κ2) is 1.80. The van der Waals surface area contributed by atoms with Crippen LogP contribution in [0.5, 0.6) is 0 Å². The number of rotatable bonds is 0. The summed E-state index contributed by atoms with van der Waals surface area (Å²) in [4.78, 5) is 0. The summed E-state index contributed by atoms with van der Waals surface area (Å²) in [5, 5.41) is 3.15. The van der Waals surface area contributed by atoms with Crippen LogP contribution in [0, 0.1) is 5.92 Å². The van der Waals surface area contributed by atoms with Crippen LogP contribution in [0.2, 0.25) is 0 Å². The summed E-state index contributed by atoms with van der Waals surface area (Å²) in [6.45, 7) is 3.31. The van der Waals surface area contributed by atoms with Gasteiger partial charge in [0, 0.05) is 0 Å². The smallest absolute Gasteiger partial charge is 0.0549 e. The third-order valence-electron chi connectivity index (χ3n) is 1.38. The lowest BCUT2D eigenvalue weighted by Crippen LogP contribution is -2.30. The molecule has 2 nitrogen and oxygen atoms in total. The average Bonchev–Trinajstić information content (AvgIpc) is 1.87. The van der Waals surface area contributed by atoms with Crippen molar-refractivity contribution in [3.63, 3.8) is 0 Å². The van der Waals surface area contributed by atoms with E-state index in [1.165, 1.54) is 0 Å². The second-order valence-electron chi connectivity index (χ2n) is 2.36. The molecule has 0 aromatic carbocycles. The predicted octanol–water partition coefficient (Wildman–Crippen LogP) is -0.0994. The molecule has 1 heterocycles. The lowest BCUT2D eigenvalue weighted by Gasteiger charge is -1.96. The van der Waals surface area contributed by atoms with Crippen molar-refractivity contribution in [2.75, 3.05) is 6.54 Å². The molecule has 1 aliphatic rings. The molecule has 3 N–H and O–H groups in total. The zero-order valence-electron chi connectivity index (χ0n) is 4.65. The number of nitrogens with one attached hydrogen (secondary N) is 1. The van der Waals surface area contributed by atoms with Gasteiger partial charge in [-0.3, -0.25) is 0 Å². The van der Waals surface area contributed by atoms with E-state index < -0.39 is 0 Å². The highest BCUT2D eigenvalue weighted by Gasteiger charge is 2.15. The fourth-order valence-electron chi connectivity index (χ4n) is 0.953. The van der Waals surface area contributed by atoms with E-state index in [2.05, 4.69) is 12.2 Å². The summed E-state index contributed by atoms with van der Waals surface area (Å²) >= 11 is 0. The van der Waals surface area contributed by atoms with Crippen LogP contribution in [-0.2, 0) is 0 Å². The number of hydrogen-bond donors (Lipinski definition) is 2. The molecule has 1 fully saturated rings. The minimum atomic E-state index is 0.273. The molecule has 1 saturated heterocycles. The maximum Gasteiger partial charge on any atom is 0.0549 e. The summed E-state index contributed by atoms with van der Waals surface area (Å²) in [6, 6.07) is 0. The van der Waals surface area contributed by atoms with Crippen molar-refractivity contribution in [3.05, 3.63) is 0 Å². The molecule has 0 aliphatic carbocycles. The van der Waals surface area contributed by atoms with E-state index in [9.17, 15) is 0 Å². The Hall–Kier alpha value is -0.0800. The molecular formula is C5H12N2. The lowest BCUT2D eigenvalue weighted by atomic mass is 10.1. The van der Waals surface area contributed by atoms with Gasteiger partial charge in [0.1, 0.15) is 0 Å². The molecular weight excluding hydrogens is 88.1 g/mol. The van der Waals surface area contributed by atoms with Crippen LogP contribution >= 0.6 is 0 Å². The molecule has 0 aromatic rings. The first kappa shape index (κ1) is 5.06. The maximum atomic E-state index is 5.51. The van der Waals surface area contributed by atoms with E-state index in [0.717, 1.165) is 18.9 Å². The molecule has 1 aliphatic heterocycles. The number of nitrogens with two attached hydrogens (primary N) is 1. The Balaban J connectivity index is 2.26. The van der Waals surface area contributed by atoms with Gasteiger partial charge in [0.05, 0.1) is 6.17 Å². The van der Waals surface area contributed by atoms with Gasteiger partial charge in [-0.1, -0.05) is 6.92 Å². The molecule has 0 radical (unpaired) electrons. The van der Waals surface area contributed by atoms with Crippen molar-refractivity contribution in [3.8, 4) is 0 Å². The zero-order chi connectivity index (χ0) is 5.28. The molecule has 2 atom stereocenters. The van der Waals surface area contributed by atoms with Crippen LogP contribution in [0.4, 0.5) is 0 Å². The Morgan fingerprint density at radius 2 is 2.43 bits per heavy atom. The quantitative estimate of drug-likeness (QED) is 0.446. The average molecular weight is 100 g/mol. The molecule has 0 amide bonds. The summed E-state index contributed by atoms with van der Waals surface area (Å²) in [5.41, 5.74) is 5.51. The highest BCUT2D eigenvalue weighted by Crippen LogP contribution is 2.07. The van der Waals surface area contributed by atoms with Gasteiger partial charge >= 0.3 is 0 Å². The van der Waals surface area contributed by atoms with Crippen LogP contribution in [0.15, 0.2) is 0 Å². The van der Waals surface area contributed by atoms with Gasteiger partial charge < -0.3 is 11.1 Å². The maximum absolute atomic E-state index is 5.51. The lowest BCUT2D eigenvalue weighted by molar-refractivity contribution is 0.604. The Bertz CT molecular complexity index is 55.1. The fraction of sp³-hybridized carbons (Fsp3) is 1.00. The highest BCUT2D eigenvalue weighted by atomic mass is 15.0. The minimum absolute atomic E-state index is 0.273. The molecule has 0 saturated carbocycles. The normalized spacial score (nSPS) is 42.0. The zero-order valence-corrected chi connectivity index (χ0v) is 4.65. The van der Waals surface area contributed by atoms with Gasteiger partial charge in [0.2, 0.25) is 0 Å². The third kappa shape index (κ3) is 1.14.